The van der Waals surface area contributed by atoms with E-state index in [9.17, 15) is 4.79 Å². The van der Waals surface area contributed by atoms with Crippen molar-refractivity contribution in [3.63, 3.8) is 0 Å². The van der Waals surface area contributed by atoms with Crippen LogP contribution in [0.5, 0.6) is 0 Å². The largest absolute Gasteiger partial charge is 0.478 e. The molecule has 18 heavy (non-hydrogen) atoms. The molecule has 1 aliphatic rings. The van der Waals surface area contributed by atoms with Gasteiger partial charge in [-0.3, -0.25) is 0 Å². The first kappa shape index (κ1) is 13.7. The summed E-state index contributed by atoms with van der Waals surface area (Å²) in [6, 6.07) is 0. The van der Waals surface area contributed by atoms with Gasteiger partial charge in [0, 0.05) is 16.8 Å². The first-order valence-electron chi connectivity index (χ1n) is 5.82. The summed E-state index contributed by atoms with van der Waals surface area (Å²) in [7, 11) is 0. The third-order valence-corrected chi connectivity index (χ3v) is 6.03. The molecule has 0 spiro atoms. The molecule has 0 saturated carbocycles. The van der Waals surface area contributed by atoms with Gasteiger partial charge in [0.15, 0.2) is 0 Å². The van der Waals surface area contributed by atoms with Crippen LogP contribution in [0.3, 0.4) is 0 Å². The molecule has 98 valence electrons. The summed E-state index contributed by atoms with van der Waals surface area (Å²) in [5.74, 6) is 2.09. The van der Waals surface area contributed by atoms with Crippen LogP contribution in [0.2, 0.25) is 0 Å². The summed E-state index contributed by atoms with van der Waals surface area (Å²) in [6.45, 7) is 5.67. The zero-order chi connectivity index (χ0) is 13.3. The molecule has 1 aliphatic heterocycles. The third-order valence-electron chi connectivity index (χ3n) is 2.94. The van der Waals surface area contributed by atoms with Gasteiger partial charge in [0.2, 0.25) is 0 Å². The van der Waals surface area contributed by atoms with E-state index < -0.39 is 5.97 Å². The van der Waals surface area contributed by atoms with Crippen LogP contribution in [0.1, 0.15) is 39.7 Å². The molecule has 4 nitrogen and oxygen atoms in total. The maximum atomic E-state index is 11.1. The van der Waals surface area contributed by atoms with Gasteiger partial charge < -0.3 is 5.11 Å². The van der Waals surface area contributed by atoms with E-state index in [2.05, 4.69) is 16.9 Å². The maximum Gasteiger partial charge on any atom is 0.339 e. The Bertz CT molecular complexity index is 456. The predicted octanol–water partition coefficient (Wildman–Crippen LogP) is 2.70. The predicted molar refractivity (Wildman–Crippen MR) is 75.6 cm³/mol. The van der Waals surface area contributed by atoms with Crippen molar-refractivity contribution >= 4 is 29.5 Å². The highest BCUT2D eigenvalue weighted by Gasteiger charge is 2.28. The summed E-state index contributed by atoms with van der Waals surface area (Å²) >= 11 is 3.79. The zero-order valence-electron chi connectivity index (χ0n) is 10.6. The second-order valence-corrected chi connectivity index (χ2v) is 7.03. The molecular weight excluding hydrogens is 268 g/mol. The fourth-order valence-electron chi connectivity index (χ4n) is 2.10. The number of thioether (sulfide) groups is 2. The van der Waals surface area contributed by atoms with Crippen LogP contribution in [0.4, 0.5) is 0 Å². The standard InChI is InChI=1S/C12H16N2O2S2/c1-6-9(12(15)16)7(2)14-11(13-6)10-8(3)17-4-5-18-10/h8,10H,4-5H2,1-3H3,(H,15,16). The Hall–Kier alpha value is -0.750. The molecule has 1 aromatic heterocycles. The van der Waals surface area contributed by atoms with E-state index in [1.54, 1.807) is 13.8 Å². The van der Waals surface area contributed by atoms with Gasteiger partial charge in [-0.25, -0.2) is 14.8 Å². The molecular formula is C12H16N2O2S2. The number of aromatic carboxylic acids is 1. The molecule has 0 aliphatic carbocycles. The smallest absolute Gasteiger partial charge is 0.339 e. The lowest BCUT2D eigenvalue weighted by molar-refractivity contribution is 0.0694. The van der Waals surface area contributed by atoms with Gasteiger partial charge in [-0.1, -0.05) is 6.92 Å². The van der Waals surface area contributed by atoms with E-state index in [4.69, 9.17) is 5.11 Å². The Labute approximate surface area is 115 Å². The summed E-state index contributed by atoms with van der Waals surface area (Å²) in [5, 5.41) is 9.85. The van der Waals surface area contributed by atoms with Crippen LogP contribution in [0, 0.1) is 13.8 Å². The van der Waals surface area contributed by atoms with Crippen LogP contribution in [-0.2, 0) is 0 Å². The van der Waals surface area contributed by atoms with Crippen LogP contribution in [0.15, 0.2) is 0 Å². The lowest BCUT2D eigenvalue weighted by Crippen LogP contribution is -2.20. The van der Waals surface area contributed by atoms with E-state index >= 15 is 0 Å². The number of hydrogen-bond donors (Lipinski definition) is 1. The van der Waals surface area contributed by atoms with Crippen molar-refractivity contribution < 1.29 is 9.90 Å². The number of aryl methyl sites for hydroxylation is 2. The fourth-order valence-corrected chi connectivity index (χ4v) is 4.78. The monoisotopic (exact) mass is 284 g/mol. The topological polar surface area (TPSA) is 63.1 Å². The maximum absolute atomic E-state index is 11.1. The van der Waals surface area contributed by atoms with Crippen molar-refractivity contribution in [1.29, 1.82) is 0 Å². The van der Waals surface area contributed by atoms with Crippen LogP contribution < -0.4 is 0 Å². The minimum atomic E-state index is -0.949. The molecule has 0 bridgehead atoms. The number of aromatic nitrogens is 2. The number of carboxylic acid groups (broad SMARTS) is 1. The second kappa shape index (κ2) is 5.48. The second-order valence-electron chi connectivity index (χ2n) is 4.30. The van der Waals surface area contributed by atoms with Gasteiger partial charge in [-0.2, -0.15) is 11.8 Å². The molecule has 1 aromatic rings. The Morgan fingerprint density at radius 2 is 1.78 bits per heavy atom. The summed E-state index contributed by atoms with van der Waals surface area (Å²) < 4.78 is 0. The number of carbonyl (C=O) groups is 1. The van der Waals surface area contributed by atoms with Gasteiger partial charge in [0.05, 0.1) is 16.6 Å². The first-order valence-corrected chi connectivity index (χ1v) is 7.92. The highest BCUT2D eigenvalue weighted by molar-refractivity contribution is 8.06. The zero-order valence-corrected chi connectivity index (χ0v) is 12.3. The Morgan fingerprint density at radius 3 is 2.28 bits per heavy atom. The molecule has 6 heteroatoms. The lowest BCUT2D eigenvalue weighted by atomic mass is 10.1. The highest BCUT2D eigenvalue weighted by Crippen LogP contribution is 2.41. The van der Waals surface area contributed by atoms with Crippen molar-refractivity contribution in [2.45, 2.75) is 31.3 Å². The van der Waals surface area contributed by atoms with Crippen molar-refractivity contribution in [3.8, 4) is 0 Å². The number of hydrogen-bond acceptors (Lipinski definition) is 5. The van der Waals surface area contributed by atoms with Crippen molar-refractivity contribution in [3.05, 3.63) is 22.8 Å². The van der Waals surface area contributed by atoms with E-state index in [0.717, 1.165) is 17.3 Å². The quantitative estimate of drug-likeness (QED) is 0.901. The Balaban J connectivity index is 2.38. The molecule has 1 N–H and O–H groups in total. The molecule has 1 fully saturated rings. The SMILES string of the molecule is Cc1nc(C2SCCSC2C)nc(C)c1C(=O)O. The van der Waals surface area contributed by atoms with Gasteiger partial charge in [-0.15, -0.1) is 11.8 Å². The van der Waals surface area contributed by atoms with E-state index in [-0.39, 0.29) is 10.8 Å². The number of nitrogens with zero attached hydrogens (tertiary/aromatic N) is 2. The summed E-state index contributed by atoms with van der Waals surface area (Å²) in [4.78, 5) is 19.9. The Morgan fingerprint density at radius 1 is 1.22 bits per heavy atom. The number of rotatable bonds is 2. The number of carboxylic acids is 1. The summed E-state index contributed by atoms with van der Waals surface area (Å²) in [6.07, 6.45) is 0. The van der Waals surface area contributed by atoms with Crippen molar-refractivity contribution in [1.82, 2.24) is 9.97 Å². The van der Waals surface area contributed by atoms with Crippen LogP contribution in [-0.4, -0.2) is 37.8 Å². The average molecular weight is 284 g/mol. The van der Waals surface area contributed by atoms with Crippen molar-refractivity contribution in [2.24, 2.45) is 0 Å². The molecule has 2 atom stereocenters. The third kappa shape index (κ3) is 2.64. The van der Waals surface area contributed by atoms with Gasteiger partial charge >= 0.3 is 5.97 Å². The Kier molecular flexibility index (Phi) is 4.17. The van der Waals surface area contributed by atoms with E-state index in [0.29, 0.717) is 16.6 Å². The van der Waals surface area contributed by atoms with E-state index in [1.807, 2.05) is 23.5 Å². The minimum Gasteiger partial charge on any atom is -0.478 e. The van der Waals surface area contributed by atoms with Gasteiger partial charge in [0.25, 0.3) is 0 Å². The summed E-state index contributed by atoms with van der Waals surface area (Å²) in [5.41, 5.74) is 1.36. The molecule has 2 heterocycles. The molecule has 0 amide bonds. The molecule has 2 rings (SSSR count). The van der Waals surface area contributed by atoms with Gasteiger partial charge in [-0.05, 0) is 13.8 Å². The van der Waals surface area contributed by atoms with Crippen molar-refractivity contribution in [2.75, 3.05) is 11.5 Å². The van der Waals surface area contributed by atoms with Gasteiger partial charge in [0.1, 0.15) is 11.4 Å². The fraction of sp³-hybridized carbons (Fsp3) is 0.583. The first-order chi connectivity index (χ1) is 8.50. The molecule has 0 aromatic carbocycles. The molecule has 2 unspecified atom stereocenters. The highest BCUT2D eigenvalue weighted by atomic mass is 32.2. The lowest BCUT2D eigenvalue weighted by Gasteiger charge is -2.27. The van der Waals surface area contributed by atoms with Crippen LogP contribution in [0.25, 0.3) is 0 Å². The minimum absolute atomic E-state index is 0.236. The van der Waals surface area contributed by atoms with E-state index in [1.165, 1.54) is 0 Å². The van der Waals surface area contributed by atoms with Crippen LogP contribution >= 0.6 is 23.5 Å². The molecule has 0 radical (unpaired) electrons. The average Bonchev–Trinajstić information content (AvgIpc) is 2.27. The molecule has 1 saturated heterocycles. The normalized spacial score (nSPS) is 23.9.